The van der Waals surface area contributed by atoms with E-state index in [-0.39, 0.29) is 6.04 Å². The Morgan fingerprint density at radius 2 is 1.68 bits per heavy atom. The van der Waals surface area contributed by atoms with E-state index in [0.29, 0.717) is 0 Å². The maximum Gasteiger partial charge on any atom is 0.133 e. The summed E-state index contributed by atoms with van der Waals surface area (Å²) in [5.74, 6) is 1.70. The van der Waals surface area contributed by atoms with Gasteiger partial charge < -0.3 is 5.32 Å². The van der Waals surface area contributed by atoms with Crippen LogP contribution in [0.5, 0.6) is 0 Å². The lowest BCUT2D eigenvalue weighted by molar-refractivity contribution is 0.819. The quantitative estimate of drug-likeness (QED) is 0.929. The number of hydrogen-bond acceptors (Lipinski definition) is 5. The Labute approximate surface area is 118 Å². The molecular formula is C14H20N4S. The summed E-state index contributed by atoms with van der Waals surface area (Å²) in [5.41, 5.74) is 3.23. The van der Waals surface area contributed by atoms with Crippen LogP contribution in [0.2, 0.25) is 0 Å². The van der Waals surface area contributed by atoms with Gasteiger partial charge in [0.15, 0.2) is 0 Å². The fraction of sp³-hybridized carbons (Fsp3) is 0.500. The molecular weight excluding hydrogens is 256 g/mol. The van der Waals surface area contributed by atoms with E-state index < -0.39 is 0 Å². The van der Waals surface area contributed by atoms with Crippen molar-refractivity contribution in [2.75, 3.05) is 5.32 Å². The van der Waals surface area contributed by atoms with Crippen molar-refractivity contribution in [2.45, 2.75) is 47.6 Å². The number of aromatic nitrogens is 3. The second-order valence-electron chi connectivity index (χ2n) is 4.87. The summed E-state index contributed by atoms with van der Waals surface area (Å²) in [5, 5.41) is 4.56. The summed E-state index contributed by atoms with van der Waals surface area (Å²) in [4.78, 5) is 14.7. The van der Waals surface area contributed by atoms with Crippen molar-refractivity contribution in [3.05, 3.63) is 32.7 Å². The normalized spacial score (nSPS) is 12.5. The van der Waals surface area contributed by atoms with Crippen LogP contribution in [0, 0.1) is 34.6 Å². The van der Waals surface area contributed by atoms with Crippen LogP contribution in [-0.2, 0) is 0 Å². The van der Waals surface area contributed by atoms with Crippen molar-refractivity contribution < 1.29 is 0 Å². The molecule has 1 N–H and O–H groups in total. The molecule has 0 amide bonds. The number of thiazole rings is 1. The molecule has 0 saturated heterocycles. The lowest BCUT2D eigenvalue weighted by Gasteiger charge is -2.16. The molecule has 4 nitrogen and oxygen atoms in total. The highest BCUT2D eigenvalue weighted by Gasteiger charge is 2.15. The zero-order valence-corrected chi connectivity index (χ0v) is 13.1. The summed E-state index contributed by atoms with van der Waals surface area (Å²) in [6, 6.07) is 0.150. The lowest BCUT2D eigenvalue weighted by atomic mass is 10.2. The van der Waals surface area contributed by atoms with E-state index in [1.54, 1.807) is 11.3 Å². The highest BCUT2D eigenvalue weighted by atomic mass is 32.1. The summed E-state index contributed by atoms with van der Waals surface area (Å²) < 4.78 is 0. The van der Waals surface area contributed by atoms with Crippen LogP contribution < -0.4 is 5.32 Å². The van der Waals surface area contributed by atoms with Crippen molar-refractivity contribution in [1.29, 1.82) is 0 Å². The Balaban J connectivity index is 2.29. The van der Waals surface area contributed by atoms with Gasteiger partial charge in [0.1, 0.15) is 11.6 Å². The van der Waals surface area contributed by atoms with Crippen LogP contribution in [0.25, 0.3) is 0 Å². The van der Waals surface area contributed by atoms with Gasteiger partial charge in [-0.3, -0.25) is 0 Å². The Bertz CT molecular complexity index is 604. The maximum absolute atomic E-state index is 4.59. The molecule has 0 fully saturated rings. The SMILES string of the molecule is Cc1nc(C)c(C)c(N[C@@H](C)c2nc(C)sc2C)n1. The van der Waals surface area contributed by atoms with E-state index in [1.165, 1.54) is 4.88 Å². The smallest absolute Gasteiger partial charge is 0.133 e. The number of hydrogen-bond donors (Lipinski definition) is 1. The molecule has 19 heavy (non-hydrogen) atoms. The number of aryl methyl sites for hydroxylation is 4. The van der Waals surface area contributed by atoms with Crippen molar-refractivity contribution >= 4 is 17.2 Å². The molecule has 2 rings (SSSR count). The first-order chi connectivity index (χ1) is 8.88. The van der Waals surface area contributed by atoms with Gasteiger partial charge in [-0.2, -0.15) is 0 Å². The minimum Gasteiger partial charge on any atom is -0.362 e. The molecule has 1 atom stereocenters. The van der Waals surface area contributed by atoms with Crippen molar-refractivity contribution in [1.82, 2.24) is 15.0 Å². The molecule has 0 aliphatic carbocycles. The largest absolute Gasteiger partial charge is 0.362 e. The van der Waals surface area contributed by atoms with E-state index >= 15 is 0 Å². The first kappa shape index (κ1) is 13.9. The predicted molar refractivity (Wildman–Crippen MR) is 79.9 cm³/mol. The third-order valence-electron chi connectivity index (χ3n) is 3.20. The first-order valence-electron chi connectivity index (χ1n) is 6.40. The van der Waals surface area contributed by atoms with Crippen LogP contribution in [0.1, 0.15) is 45.6 Å². The topological polar surface area (TPSA) is 50.7 Å². The zero-order chi connectivity index (χ0) is 14.2. The van der Waals surface area contributed by atoms with Gasteiger partial charge in [0.2, 0.25) is 0 Å². The summed E-state index contributed by atoms with van der Waals surface area (Å²) in [6.07, 6.45) is 0. The Morgan fingerprint density at radius 1 is 1.00 bits per heavy atom. The van der Waals surface area contributed by atoms with E-state index in [9.17, 15) is 0 Å². The molecule has 2 aromatic rings. The van der Waals surface area contributed by atoms with Crippen molar-refractivity contribution in [2.24, 2.45) is 0 Å². The molecule has 0 unspecified atom stereocenters. The lowest BCUT2D eigenvalue weighted by Crippen LogP contribution is -2.12. The molecule has 2 aromatic heterocycles. The Hall–Kier alpha value is -1.49. The predicted octanol–water partition coefficient (Wildman–Crippen LogP) is 3.65. The minimum absolute atomic E-state index is 0.150. The van der Waals surface area contributed by atoms with Gasteiger partial charge in [0.05, 0.1) is 16.7 Å². The molecule has 2 heterocycles. The Morgan fingerprint density at radius 3 is 2.26 bits per heavy atom. The van der Waals surface area contributed by atoms with Gasteiger partial charge >= 0.3 is 0 Å². The van der Waals surface area contributed by atoms with Gasteiger partial charge in [-0.05, 0) is 41.5 Å². The Kier molecular flexibility index (Phi) is 3.85. The van der Waals surface area contributed by atoms with E-state index in [4.69, 9.17) is 0 Å². The molecule has 0 aromatic carbocycles. The number of nitrogens with zero attached hydrogens (tertiary/aromatic N) is 3. The van der Waals surface area contributed by atoms with Gasteiger partial charge in [0, 0.05) is 16.1 Å². The molecule has 0 saturated carbocycles. The number of nitrogens with one attached hydrogen (secondary N) is 1. The fourth-order valence-corrected chi connectivity index (χ4v) is 3.04. The summed E-state index contributed by atoms with van der Waals surface area (Å²) >= 11 is 1.73. The van der Waals surface area contributed by atoms with E-state index in [0.717, 1.165) is 33.6 Å². The minimum atomic E-state index is 0.150. The highest BCUT2D eigenvalue weighted by Crippen LogP contribution is 2.26. The second kappa shape index (κ2) is 5.25. The van der Waals surface area contributed by atoms with Crippen molar-refractivity contribution in [3.63, 3.8) is 0 Å². The third kappa shape index (κ3) is 2.92. The molecule has 0 radical (unpaired) electrons. The van der Waals surface area contributed by atoms with Crippen molar-refractivity contribution in [3.8, 4) is 0 Å². The second-order valence-corrected chi connectivity index (χ2v) is 6.28. The first-order valence-corrected chi connectivity index (χ1v) is 7.22. The monoisotopic (exact) mass is 276 g/mol. The number of rotatable bonds is 3. The molecule has 0 bridgehead atoms. The van der Waals surface area contributed by atoms with E-state index in [1.807, 2.05) is 27.7 Å². The molecule has 0 spiro atoms. The van der Waals surface area contributed by atoms with Crippen LogP contribution in [0.3, 0.4) is 0 Å². The standard InChI is InChI=1S/C14H20N4S/c1-7-8(2)15-11(5)17-14(7)16-9(3)13-10(4)19-12(6)18-13/h9H,1-6H3,(H,15,16,17)/t9-/m0/s1. The van der Waals surface area contributed by atoms with Crippen LogP contribution in [0.4, 0.5) is 5.82 Å². The summed E-state index contributed by atoms with van der Waals surface area (Å²) in [6.45, 7) is 12.2. The van der Waals surface area contributed by atoms with Gasteiger partial charge in [0.25, 0.3) is 0 Å². The molecule has 5 heteroatoms. The highest BCUT2D eigenvalue weighted by molar-refractivity contribution is 7.11. The van der Waals surface area contributed by atoms with Crippen LogP contribution >= 0.6 is 11.3 Å². The molecule has 0 aliphatic rings. The number of anilines is 1. The third-order valence-corrected chi connectivity index (χ3v) is 4.11. The average molecular weight is 276 g/mol. The zero-order valence-electron chi connectivity index (χ0n) is 12.3. The van der Waals surface area contributed by atoms with Gasteiger partial charge in [-0.1, -0.05) is 0 Å². The average Bonchev–Trinajstić information content (AvgIpc) is 2.64. The molecule has 102 valence electrons. The van der Waals surface area contributed by atoms with Gasteiger partial charge in [-0.15, -0.1) is 11.3 Å². The van der Waals surface area contributed by atoms with E-state index in [2.05, 4.69) is 34.1 Å². The van der Waals surface area contributed by atoms with Crippen LogP contribution in [0.15, 0.2) is 0 Å². The fourth-order valence-electron chi connectivity index (χ4n) is 2.13. The maximum atomic E-state index is 4.59. The van der Waals surface area contributed by atoms with Crippen LogP contribution in [-0.4, -0.2) is 15.0 Å². The molecule has 0 aliphatic heterocycles. The van der Waals surface area contributed by atoms with Gasteiger partial charge in [-0.25, -0.2) is 15.0 Å². The summed E-state index contributed by atoms with van der Waals surface area (Å²) in [7, 11) is 0.